The van der Waals surface area contributed by atoms with Crippen molar-refractivity contribution in [1.29, 1.82) is 0 Å². The van der Waals surface area contributed by atoms with Gasteiger partial charge in [0.2, 0.25) is 5.89 Å². The summed E-state index contributed by atoms with van der Waals surface area (Å²) in [5.41, 5.74) is 5.98. The highest BCUT2D eigenvalue weighted by Crippen LogP contribution is 2.28. The van der Waals surface area contributed by atoms with Crippen LogP contribution in [0.2, 0.25) is 0 Å². The van der Waals surface area contributed by atoms with Gasteiger partial charge in [-0.2, -0.15) is 4.98 Å². The zero-order valence-corrected chi connectivity index (χ0v) is 10.7. The summed E-state index contributed by atoms with van der Waals surface area (Å²) in [4.78, 5) is 4.50. The van der Waals surface area contributed by atoms with E-state index in [2.05, 4.69) is 24.0 Å². The molecule has 5 heteroatoms. The minimum Gasteiger partial charge on any atom is -0.381 e. The Morgan fingerprint density at radius 2 is 2.12 bits per heavy atom. The highest BCUT2D eigenvalue weighted by atomic mass is 16.5. The van der Waals surface area contributed by atoms with Crippen LogP contribution in [0.1, 0.15) is 50.7 Å². The fraction of sp³-hybridized carbons (Fsp3) is 0.833. The monoisotopic (exact) mass is 239 g/mol. The van der Waals surface area contributed by atoms with Gasteiger partial charge in [0.1, 0.15) is 0 Å². The summed E-state index contributed by atoms with van der Waals surface area (Å²) in [7, 11) is 0. The van der Waals surface area contributed by atoms with Gasteiger partial charge in [-0.05, 0) is 19.3 Å². The van der Waals surface area contributed by atoms with Gasteiger partial charge in [0.15, 0.2) is 5.82 Å². The van der Waals surface area contributed by atoms with Crippen LogP contribution in [-0.4, -0.2) is 29.4 Å². The van der Waals surface area contributed by atoms with E-state index >= 15 is 0 Å². The molecule has 5 nitrogen and oxygen atoms in total. The molecule has 3 unspecified atom stereocenters. The predicted molar refractivity (Wildman–Crippen MR) is 63.7 cm³/mol. The number of rotatable bonds is 4. The molecule has 2 heterocycles. The molecule has 1 aromatic rings. The summed E-state index contributed by atoms with van der Waals surface area (Å²) in [5.74, 6) is 2.23. The standard InChI is InChI=1S/C12H21N3O2/c1-7(2)10(8(3)13)12-14-11(15-17-12)9-4-5-16-6-9/h7-10H,4-6,13H2,1-3H3. The van der Waals surface area contributed by atoms with E-state index in [0.29, 0.717) is 18.4 Å². The number of ether oxygens (including phenoxy) is 1. The quantitative estimate of drug-likeness (QED) is 0.865. The van der Waals surface area contributed by atoms with Crippen molar-refractivity contribution in [2.24, 2.45) is 11.7 Å². The minimum absolute atomic E-state index is 0.0168. The molecule has 1 aromatic heterocycles. The maximum Gasteiger partial charge on any atom is 0.231 e. The molecule has 0 aliphatic carbocycles. The maximum atomic E-state index is 5.98. The largest absolute Gasteiger partial charge is 0.381 e. The van der Waals surface area contributed by atoms with Crippen LogP contribution < -0.4 is 5.73 Å². The Balaban J connectivity index is 2.15. The minimum atomic E-state index is 0.0168. The molecule has 96 valence electrons. The Bertz CT molecular complexity index is 348. The van der Waals surface area contributed by atoms with Gasteiger partial charge >= 0.3 is 0 Å². The van der Waals surface area contributed by atoms with Gasteiger partial charge in [-0.1, -0.05) is 19.0 Å². The third-order valence-corrected chi connectivity index (χ3v) is 3.32. The lowest BCUT2D eigenvalue weighted by Crippen LogP contribution is -2.28. The van der Waals surface area contributed by atoms with Gasteiger partial charge in [0, 0.05) is 18.6 Å². The van der Waals surface area contributed by atoms with E-state index in [1.54, 1.807) is 0 Å². The van der Waals surface area contributed by atoms with Crippen molar-refractivity contribution in [3.63, 3.8) is 0 Å². The normalized spacial score (nSPS) is 24.2. The van der Waals surface area contributed by atoms with Crippen molar-refractivity contribution < 1.29 is 9.26 Å². The molecule has 3 atom stereocenters. The SMILES string of the molecule is CC(C)C(c1nc(C2CCOC2)no1)C(C)N. The van der Waals surface area contributed by atoms with Crippen LogP contribution in [0.3, 0.4) is 0 Å². The lowest BCUT2D eigenvalue weighted by molar-refractivity contribution is 0.192. The van der Waals surface area contributed by atoms with Gasteiger partial charge in [-0.15, -0.1) is 0 Å². The molecule has 1 saturated heterocycles. The van der Waals surface area contributed by atoms with Gasteiger partial charge < -0.3 is 15.0 Å². The fourth-order valence-electron chi connectivity index (χ4n) is 2.40. The summed E-state index contributed by atoms with van der Waals surface area (Å²) in [6.07, 6.45) is 0.976. The number of nitrogens with two attached hydrogens (primary N) is 1. The van der Waals surface area contributed by atoms with E-state index in [9.17, 15) is 0 Å². The predicted octanol–water partition coefficient (Wildman–Crippen LogP) is 1.66. The molecule has 0 spiro atoms. The fourth-order valence-corrected chi connectivity index (χ4v) is 2.40. The van der Waals surface area contributed by atoms with E-state index in [-0.39, 0.29) is 17.9 Å². The summed E-state index contributed by atoms with van der Waals surface area (Å²) in [6.45, 7) is 7.71. The van der Waals surface area contributed by atoms with Crippen LogP contribution in [0.25, 0.3) is 0 Å². The van der Waals surface area contributed by atoms with Crippen LogP contribution in [-0.2, 0) is 4.74 Å². The maximum absolute atomic E-state index is 5.98. The van der Waals surface area contributed by atoms with E-state index in [1.165, 1.54) is 0 Å². The van der Waals surface area contributed by atoms with Gasteiger partial charge in [-0.25, -0.2) is 0 Å². The summed E-state index contributed by atoms with van der Waals surface area (Å²) in [5, 5.41) is 4.06. The molecule has 17 heavy (non-hydrogen) atoms. The van der Waals surface area contributed by atoms with Crippen molar-refractivity contribution in [2.45, 2.75) is 45.1 Å². The molecule has 0 aromatic carbocycles. The van der Waals surface area contributed by atoms with E-state index in [0.717, 1.165) is 18.9 Å². The number of hydrogen-bond donors (Lipinski definition) is 1. The van der Waals surface area contributed by atoms with Crippen molar-refractivity contribution in [3.05, 3.63) is 11.7 Å². The Labute approximate surface area is 102 Å². The van der Waals surface area contributed by atoms with Crippen LogP contribution in [0, 0.1) is 5.92 Å². The smallest absolute Gasteiger partial charge is 0.231 e. The topological polar surface area (TPSA) is 74.2 Å². The van der Waals surface area contributed by atoms with Gasteiger partial charge in [-0.3, -0.25) is 0 Å². The second-order valence-corrected chi connectivity index (χ2v) is 5.18. The molecule has 0 amide bonds. The van der Waals surface area contributed by atoms with Crippen molar-refractivity contribution in [3.8, 4) is 0 Å². The van der Waals surface area contributed by atoms with E-state index < -0.39 is 0 Å². The molecule has 0 bridgehead atoms. The first kappa shape index (κ1) is 12.5. The van der Waals surface area contributed by atoms with Crippen LogP contribution in [0.5, 0.6) is 0 Å². The number of nitrogens with zero attached hydrogens (tertiary/aromatic N) is 2. The average molecular weight is 239 g/mol. The third kappa shape index (κ3) is 2.66. The zero-order valence-electron chi connectivity index (χ0n) is 10.7. The molecule has 0 saturated carbocycles. The van der Waals surface area contributed by atoms with Gasteiger partial charge in [0.05, 0.1) is 12.5 Å². The van der Waals surface area contributed by atoms with Crippen molar-refractivity contribution >= 4 is 0 Å². The first-order valence-corrected chi connectivity index (χ1v) is 6.26. The molecule has 0 radical (unpaired) electrons. The first-order valence-electron chi connectivity index (χ1n) is 6.26. The number of hydrogen-bond acceptors (Lipinski definition) is 5. The van der Waals surface area contributed by atoms with Crippen molar-refractivity contribution in [2.75, 3.05) is 13.2 Å². The number of aromatic nitrogens is 2. The summed E-state index contributed by atoms with van der Waals surface area (Å²) in [6, 6.07) is 0.0168. The van der Waals surface area contributed by atoms with Crippen LogP contribution in [0.15, 0.2) is 4.52 Å². The highest BCUT2D eigenvalue weighted by Gasteiger charge is 2.29. The molecule has 2 rings (SSSR count). The Hall–Kier alpha value is -0.940. The van der Waals surface area contributed by atoms with E-state index in [1.807, 2.05) is 6.92 Å². The van der Waals surface area contributed by atoms with Gasteiger partial charge in [0.25, 0.3) is 0 Å². The molecular formula is C12H21N3O2. The average Bonchev–Trinajstić information content (AvgIpc) is 2.83. The Kier molecular flexibility index (Phi) is 3.79. The molecule has 1 aliphatic rings. The lowest BCUT2D eigenvalue weighted by atomic mass is 9.90. The van der Waals surface area contributed by atoms with E-state index in [4.69, 9.17) is 15.0 Å². The molecule has 1 fully saturated rings. The Morgan fingerprint density at radius 1 is 1.35 bits per heavy atom. The zero-order chi connectivity index (χ0) is 12.4. The van der Waals surface area contributed by atoms with Crippen LogP contribution >= 0.6 is 0 Å². The highest BCUT2D eigenvalue weighted by molar-refractivity contribution is 5.03. The third-order valence-electron chi connectivity index (χ3n) is 3.32. The van der Waals surface area contributed by atoms with Crippen molar-refractivity contribution in [1.82, 2.24) is 10.1 Å². The van der Waals surface area contributed by atoms with Crippen LogP contribution in [0.4, 0.5) is 0 Å². The lowest BCUT2D eigenvalue weighted by Gasteiger charge is -2.20. The molecule has 1 aliphatic heterocycles. The second kappa shape index (κ2) is 5.14. The molecule has 2 N–H and O–H groups in total. The summed E-state index contributed by atoms with van der Waals surface area (Å²) < 4.78 is 10.7. The molecular weight excluding hydrogens is 218 g/mol. The second-order valence-electron chi connectivity index (χ2n) is 5.18. The Morgan fingerprint density at radius 3 is 2.65 bits per heavy atom. The first-order chi connectivity index (χ1) is 8.09. The summed E-state index contributed by atoms with van der Waals surface area (Å²) >= 11 is 0.